The molecule has 2 N–H and O–H groups in total. The van der Waals surface area contributed by atoms with Gasteiger partial charge in [0.1, 0.15) is 11.6 Å². The summed E-state index contributed by atoms with van der Waals surface area (Å²) in [5.41, 5.74) is 7.23. The van der Waals surface area contributed by atoms with Crippen molar-refractivity contribution >= 4 is 11.8 Å². The number of benzene rings is 1. The standard InChI is InChI=1S/C13H18N4OS/c1-9-15-16-13(17(9)2)19-8-11(14)10-6-4-5-7-12(10)18-3/h4-7,11H,8,14H2,1-3H3. The second-order valence-corrected chi connectivity index (χ2v) is 5.24. The van der Waals surface area contributed by atoms with E-state index in [0.717, 1.165) is 28.0 Å². The first-order valence-corrected chi connectivity index (χ1v) is 6.99. The fourth-order valence-corrected chi connectivity index (χ4v) is 2.67. The number of hydrogen-bond acceptors (Lipinski definition) is 5. The topological polar surface area (TPSA) is 66.0 Å². The highest BCUT2D eigenvalue weighted by Crippen LogP contribution is 2.27. The third kappa shape index (κ3) is 3.08. The number of ether oxygens (including phenoxy) is 1. The van der Waals surface area contributed by atoms with Crippen LogP contribution in [0.1, 0.15) is 17.4 Å². The molecule has 19 heavy (non-hydrogen) atoms. The molecule has 102 valence electrons. The van der Waals surface area contributed by atoms with Crippen LogP contribution in [0.2, 0.25) is 0 Å². The van der Waals surface area contributed by atoms with Crippen molar-refractivity contribution in [1.82, 2.24) is 14.8 Å². The van der Waals surface area contributed by atoms with Crippen LogP contribution in [0.25, 0.3) is 0 Å². The molecule has 0 aliphatic heterocycles. The number of rotatable bonds is 5. The number of methoxy groups -OCH3 is 1. The highest BCUT2D eigenvalue weighted by molar-refractivity contribution is 7.99. The van der Waals surface area contributed by atoms with E-state index in [4.69, 9.17) is 10.5 Å². The summed E-state index contributed by atoms with van der Waals surface area (Å²) in [4.78, 5) is 0. The molecule has 0 spiro atoms. The molecule has 0 saturated carbocycles. The number of thioether (sulfide) groups is 1. The molecule has 0 amide bonds. The quantitative estimate of drug-likeness (QED) is 0.846. The highest BCUT2D eigenvalue weighted by Gasteiger charge is 2.13. The van der Waals surface area contributed by atoms with E-state index in [1.54, 1.807) is 18.9 Å². The molecular weight excluding hydrogens is 260 g/mol. The van der Waals surface area contributed by atoms with E-state index >= 15 is 0 Å². The van der Waals surface area contributed by atoms with E-state index < -0.39 is 0 Å². The van der Waals surface area contributed by atoms with Crippen LogP contribution in [0.5, 0.6) is 5.75 Å². The van der Waals surface area contributed by atoms with E-state index in [1.807, 2.05) is 42.8 Å². The summed E-state index contributed by atoms with van der Waals surface area (Å²) in [7, 11) is 3.61. The first kappa shape index (κ1) is 13.9. The van der Waals surface area contributed by atoms with Crippen molar-refractivity contribution < 1.29 is 4.74 Å². The number of nitrogens with zero attached hydrogens (tertiary/aromatic N) is 3. The summed E-state index contributed by atoms with van der Waals surface area (Å²) in [6.07, 6.45) is 0. The van der Waals surface area contributed by atoms with Crippen molar-refractivity contribution in [3.05, 3.63) is 35.7 Å². The summed E-state index contributed by atoms with van der Waals surface area (Å²) in [5, 5.41) is 9.02. The fourth-order valence-electron chi connectivity index (χ4n) is 1.74. The zero-order valence-electron chi connectivity index (χ0n) is 11.3. The molecule has 0 bridgehead atoms. The minimum atomic E-state index is -0.0989. The summed E-state index contributed by atoms with van der Waals surface area (Å²) in [6, 6.07) is 7.72. The molecular formula is C13H18N4OS. The molecule has 0 saturated heterocycles. The van der Waals surface area contributed by atoms with Gasteiger partial charge in [0.05, 0.1) is 7.11 Å². The number of hydrogen-bond donors (Lipinski definition) is 1. The maximum absolute atomic E-state index is 6.22. The van der Waals surface area contributed by atoms with E-state index in [9.17, 15) is 0 Å². The number of aryl methyl sites for hydroxylation is 1. The van der Waals surface area contributed by atoms with Crippen LogP contribution in [0, 0.1) is 6.92 Å². The monoisotopic (exact) mass is 278 g/mol. The van der Waals surface area contributed by atoms with Crippen LogP contribution in [-0.2, 0) is 7.05 Å². The van der Waals surface area contributed by atoms with Crippen LogP contribution in [0.15, 0.2) is 29.4 Å². The van der Waals surface area contributed by atoms with Crippen LogP contribution in [-0.4, -0.2) is 27.6 Å². The number of aromatic nitrogens is 3. The normalized spacial score (nSPS) is 12.4. The fraction of sp³-hybridized carbons (Fsp3) is 0.385. The van der Waals surface area contributed by atoms with Gasteiger partial charge in [0, 0.05) is 24.4 Å². The molecule has 5 nitrogen and oxygen atoms in total. The van der Waals surface area contributed by atoms with Gasteiger partial charge in [-0.3, -0.25) is 0 Å². The van der Waals surface area contributed by atoms with Crippen LogP contribution in [0.3, 0.4) is 0 Å². The lowest BCUT2D eigenvalue weighted by Crippen LogP contribution is -2.14. The zero-order chi connectivity index (χ0) is 13.8. The Bertz CT molecular complexity index is 555. The Morgan fingerprint density at radius 1 is 1.37 bits per heavy atom. The van der Waals surface area contributed by atoms with Crippen molar-refractivity contribution in [1.29, 1.82) is 0 Å². The molecule has 0 fully saturated rings. The molecule has 1 heterocycles. The molecule has 2 aromatic rings. The molecule has 0 aliphatic rings. The largest absolute Gasteiger partial charge is 0.496 e. The van der Waals surface area contributed by atoms with Crippen molar-refractivity contribution in [3.63, 3.8) is 0 Å². The summed E-state index contributed by atoms with van der Waals surface area (Å²) in [5.74, 6) is 2.45. The van der Waals surface area contributed by atoms with Gasteiger partial charge in [0.2, 0.25) is 0 Å². The third-order valence-corrected chi connectivity index (χ3v) is 4.12. The van der Waals surface area contributed by atoms with Gasteiger partial charge < -0.3 is 15.0 Å². The minimum Gasteiger partial charge on any atom is -0.496 e. The Hall–Kier alpha value is -1.53. The lowest BCUT2D eigenvalue weighted by Gasteiger charge is -2.14. The first-order valence-electron chi connectivity index (χ1n) is 6.00. The second kappa shape index (κ2) is 6.08. The van der Waals surface area contributed by atoms with Gasteiger partial charge in [-0.1, -0.05) is 30.0 Å². The van der Waals surface area contributed by atoms with Gasteiger partial charge in [-0.25, -0.2) is 0 Å². The summed E-state index contributed by atoms with van der Waals surface area (Å²) < 4.78 is 7.28. The first-order chi connectivity index (χ1) is 9.13. The highest BCUT2D eigenvalue weighted by atomic mass is 32.2. The zero-order valence-corrected chi connectivity index (χ0v) is 12.1. The molecule has 1 aromatic heterocycles. The molecule has 1 aromatic carbocycles. The average molecular weight is 278 g/mol. The molecule has 2 rings (SSSR count). The Kier molecular flexibility index (Phi) is 4.44. The van der Waals surface area contributed by atoms with Crippen molar-refractivity contribution in [2.75, 3.05) is 12.9 Å². The van der Waals surface area contributed by atoms with Crippen LogP contribution < -0.4 is 10.5 Å². The molecule has 1 atom stereocenters. The second-order valence-electron chi connectivity index (χ2n) is 4.25. The third-order valence-electron chi connectivity index (χ3n) is 2.98. The maximum Gasteiger partial charge on any atom is 0.191 e. The molecule has 0 aliphatic carbocycles. The summed E-state index contributed by atoms with van der Waals surface area (Å²) in [6.45, 7) is 1.93. The van der Waals surface area contributed by atoms with Crippen molar-refractivity contribution in [2.24, 2.45) is 12.8 Å². The SMILES string of the molecule is COc1ccccc1C(N)CSc1nnc(C)n1C. The molecule has 0 radical (unpaired) electrons. The van der Waals surface area contributed by atoms with Gasteiger partial charge in [0.25, 0.3) is 0 Å². The average Bonchev–Trinajstić information content (AvgIpc) is 2.76. The Balaban J connectivity index is 2.05. The predicted molar refractivity (Wildman–Crippen MR) is 76.4 cm³/mol. The lowest BCUT2D eigenvalue weighted by atomic mass is 10.1. The number of nitrogens with two attached hydrogens (primary N) is 1. The van der Waals surface area contributed by atoms with E-state index in [-0.39, 0.29) is 6.04 Å². The Labute approximate surface area is 117 Å². The van der Waals surface area contributed by atoms with Gasteiger partial charge in [-0.2, -0.15) is 0 Å². The van der Waals surface area contributed by atoms with Crippen LogP contribution in [0.4, 0.5) is 0 Å². The van der Waals surface area contributed by atoms with E-state index in [2.05, 4.69) is 10.2 Å². The van der Waals surface area contributed by atoms with Gasteiger partial charge in [-0.15, -0.1) is 10.2 Å². The van der Waals surface area contributed by atoms with Crippen LogP contribution >= 0.6 is 11.8 Å². The smallest absolute Gasteiger partial charge is 0.191 e. The Morgan fingerprint density at radius 2 is 2.11 bits per heavy atom. The predicted octanol–water partition coefficient (Wildman–Crippen LogP) is 1.92. The van der Waals surface area contributed by atoms with E-state index in [0.29, 0.717) is 0 Å². The molecule has 6 heteroatoms. The number of para-hydroxylation sites is 1. The van der Waals surface area contributed by atoms with Crippen molar-refractivity contribution in [2.45, 2.75) is 18.1 Å². The maximum atomic E-state index is 6.22. The van der Waals surface area contributed by atoms with E-state index in [1.165, 1.54) is 0 Å². The van der Waals surface area contributed by atoms with Gasteiger partial charge in [-0.05, 0) is 13.0 Å². The van der Waals surface area contributed by atoms with Gasteiger partial charge >= 0.3 is 0 Å². The Morgan fingerprint density at radius 3 is 2.74 bits per heavy atom. The van der Waals surface area contributed by atoms with Crippen molar-refractivity contribution in [3.8, 4) is 5.75 Å². The lowest BCUT2D eigenvalue weighted by molar-refractivity contribution is 0.407. The summed E-state index contributed by atoms with van der Waals surface area (Å²) >= 11 is 1.60. The van der Waals surface area contributed by atoms with Gasteiger partial charge in [0.15, 0.2) is 5.16 Å². The molecule has 1 unspecified atom stereocenters. The minimum absolute atomic E-state index is 0.0989.